The van der Waals surface area contributed by atoms with Crippen molar-refractivity contribution in [3.05, 3.63) is 54.1 Å². The van der Waals surface area contributed by atoms with E-state index in [1.807, 2.05) is 16.8 Å². The van der Waals surface area contributed by atoms with Gasteiger partial charge in [-0.05, 0) is 44.2 Å². The van der Waals surface area contributed by atoms with Crippen LogP contribution >= 0.6 is 0 Å². The fourth-order valence-electron chi connectivity index (χ4n) is 3.59. The smallest absolute Gasteiger partial charge is 0.260 e. The van der Waals surface area contributed by atoms with Gasteiger partial charge in [0.15, 0.2) is 23.3 Å². The maximum atomic E-state index is 13.7. The molecule has 0 radical (unpaired) electrons. The van der Waals surface area contributed by atoms with Crippen LogP contribution in [0, 0.1) is 5.82 Å². The molecule has 8 heteroatoms. The van der Waals surface area contributed by atoms with Gasteiger partial charge in [-0.15, -0.1) is 0 Å². The van der Waals surface area contributed by atoms with Crippen LogP contribution in [0.2, 0.25) is 0 Å². The number of amides is 1. The molecule has 3 heterocycles. The van der Waals surface area contributed by atoms with Gasteiger partial charge in [-0.1, -0.05) is 12.1 Å². The van der Waals surface area contributed by atoms with Crippen LogP contribution < -0.4 is 15.4 Å². The van der Waals surface area contributed by atoms with Gasteiger partial charge in [0, 0.05) is 30.6 Å². The lowest BCUT2D eigenvalue weighted by Gasteiger charge is -2.15. The average Bonchev–Trinajstić information content (AvgIpc) is 3.38. The van der Waals surface area contributed by atoms with Gasteiger partial charge in [0.2, 0.25) is 0 Å². The number of para-hydroxylation sites is 1. The van der Waals surface area contributed by atoms with E-state index in [4.69, 9.17) is 9.84 Å². The number of hydrogen-bond acceptors (Lipinski definition) is 5. The first kappa shape index (κ1) is 19.3. The number of pyridine rings is 1. The highest BCUT2D eigenvalue weighted by molar-refractivity contribution is 5.81. The zero-order chi connectivity index (χ0) is 20.2. The molecule has 1 aliphatic rings. The first-order valence-electron chi connectivity index (χ1n) is 9.84. The van der Waals surface area contributed by atoms with E-state index in [-0.39, 0.29) is 11.7 Å². The summed E-state index contributed by atoms with van der Waals surface area (Å²) < 4.78 is 20.9. The van der Waals surface area contributed by atoms with Crippen molar-refractivity contribution in [2.24, 2.45) is 0 Å². The molecule has 0 spiro atoms. The van der Waals surface area contributed by atoms with Crippen LogP contribution in [-0.2, 0) is 11.3 Å². The molecule has 4 rings (SSSR count). The van der Waals surface area contributed by atoms with Crippen molar-refractivity contribution >= 4 is 16.9 Å². The van der Waals surface area contributed by atoms with Crippen molar-refractivity contribution in [2.75, 3.05) is 19.6 Å². The van der Waals surface area contributed by atoms with E-state index in [0.29, 0.717) is 19.0 Å². The molecule has 152 valence electrons. The summed E-state index contributed by atoms with van der Waals surface area (Å²) in [5, 5.41) is 12.0. The lowest BCUT2D eigenvalue weighted by Crippen LogP contribution is -2.38. The standard InChI is InChI=1S/C21H24FN5O2/c1-14(29-18-7-3-2-6-17(18)22)21(28)25-11-12-27-20-16(5-4-9-24-20)19(26-27)15-8-10-23-13-15/h2-7,9,14-15,23H,8,10-13H2,1H3,(H,25,28)/t14-,15-/m0/s1. The van der Waals surface area contributed by atoms with Gasteiger partial charge >= 0.3 is 0 Å². The molecular formula is C21H24FN5O2. The molecule has 2 aromatic heterocycles. The predicted octanol–water partition coefficient (Wildman–Crippen LogP) is 2.23. The number of hydrogen-bond donors (Lipinski definition) is 2. The van der Waals surface area contributed by atoms with Crippen LogP contribution in [0.5, 0.6) is 5.75 Å². The number of aromatic nitrogens is 3. The second-order valence-electron chi connectivity index (χ2n) is 7.15. The number of nitrogens with zero attached hydrogens (tertiary/aromatic N) is 3. The Morgan fingerprint density at radius 3 is 3.03 bits per heavy atom. The summed E-state index contributed by atoms with van der Waals surface area (Å²) in [7, 11) is 0. The van der Waals surface area contributed by atoms with Crippen LogP contribution in [0.3, 0.4) is 0 Å². The molecule has 7 nitrogen and oxygen atoms in total. The quantitative estimate of drug-likeness (QED) is 0.639. The van der Waals surface area contributed by atoms with Gasteiger partial charge < -0.3 is 15.4 Å². The maximum Gasteiger partial charge on any atom is 0.260 e. The Hall–Kier alpha value is -3.00. The highest BCUT2D eigenvalue weighted by atomic mass is 19.1. The summed E-state index contributed by atoms with van der Waals surface area (Å²) in [5.41, 5.74) is 1.87. The van der Waals surface area contributed by atoms with Crippen LogP contribution in [0.15, 0.2) is 42.6 Å². The fraction of sp³-hybridized carbons (Fsp3) is 0.381. The molecule has 1 amide bonds. The Labute approximate surface area is 168 Å². The minimum absolute atomic E-state index is 0.0623. The van der Waals surface area contributed by atoms with E-state index >= 15 is 0 Å². The van der Waals surface area contributed by atoms with Gasteiger partial charge in [-0.25, -0.2) is 14.1 Å². The zero-order valence-electron chi connectivity index (χ0n) is 16.3. The Morgan fingerprint density at radius 2 is 2.24 bits per heavy atom. The zero-order valence-corrected chi connectivity index (χ0v) is 16.3. The number of benzene rings is 1. The number of nitrogens with one attached hydrogen (secondary N) is 2. The highest BCUT2D eigenvalue weighted by Crippen LogP contribution is 2.27. The number of carbonyl (C=O) groups is 1. The van der Waals surface area contributed by atoms with Crippen LogP contribution in [0.25, 0.3) is 11.0 Å². The monoisotopic (exact) mass is 397 g/mol. The highest BCUT2D eigenvalue weighted by Gasteiger charge is 2.23. The summed E-state index contributed by atoms with van der Waals surface area (Å²) in [5.74, 6) is -0.355. The van der Waals surface area contributed by atoms with E-state index < -0.39 is 11.9 Å². The minimum Gasteiger partial charge on any atom is -0.478 e. The molecule has 1 aromatic carbocycles. The SMILES string of the molecule is C[C@H](Oc1ccccc1F)C(=O)NCCn1nc([C@H]2CCNC2)c2cccnc21. The lowest BCUT2D eigenvalue weighted by molar-refractivity contribution is -0.127. The van der Waals surface area contributed by atoms with Gasteiger partial charge in [-0.2, -0.15) is 5.10 Å². The van der Waals surface area contributed by atoms with Crippen LogP contribution in [0.1, 0.15) is 25.0 Å². The molecule has 0 aliphatic carbocycles. The Kier molecular flexibility index (Phi) is 5.71. The van der Waals surface area contributed by atoms with Gasteiger partial charge in [0.25, 0.3) is 5.91 Å². The molecule has 2 N–H and O–H groups in total. The summed E-state index contributed by atoms with van der Waals surface area (Å²) in [6, 6.07) is 10.0. The second kappa shape index (κ2) is 8.57. The average molecular weight is 397 g/mol. The lowest BCUT2D eigenvalue weighted by atomic mass is 10.0. The number of rotatable bonds is 7. The van der Waals surface area contributed by atoms with E-state index in [1.54, 1.807) is 25.3 Å². The second-order valence-corrected chi connectivity index (χ2v) is 7.15. The molecule has 0 saturated carbocycles. The minimum atomic E-state index is -0.806. The van der Waals surface area contributed by atoms with Crippen LogP contribution in [-0.4, -0.2) is 46.4 Å². The Balaban J connectivity index is 1.38. The van der Waals surface area contributed by atoms with Crippen molar-refractivity contribution in [2.45, 2.75) is 31.9 Å². The number of fused-ring (bicyclic) bond motifs is 1. The normalized spacial score (nSPS) is 17.4. The van der Waals surface area contributed by atoms with E-state index in [9.17, 15) is 9.18 Å². The molecule has 0 bridgehead atoms. The third-order valence-electron chi connectivity index (χ3n) is 5.12. The molecule has 29 heavy (non-hydrogen) atoms. The van der Waals surface area contributed by atoms with Crippen molar-refractivity contribution in [3.8, 4) is 5.75 Å². The van der Waals surface area contributed by atoms with Crippen molar-refractivity contribution in [1.82, 2.24) is 25.4 Å². The third kappa shape index (κ3) is 4.22. The Morgan fingerprint density at radius 1 is 1.38 bits per heavy atom. The molecule has 1 aliphatic heterocycles. The van der Waals surface area contributed by atoms with E-state index in [2.05, 4.69) is 15.6 Å². The summed E-state index contributed by atoms with van der Waals surface area (Å²) in [6.45, 7) is 4.38. The fourth-order valence-corrected chi connectivity index (χ4v) is 3.59. The van der Waals surface area contributed by atoms with Gasteiger partial charge in [0.1, 0.15) is 0 Å². The topological polar surface area (TPSA) is 81.1 Å². The number of carbonyl (C=O) groups excluding carboxylic acids is 1. The summed E-state index contributed by atoms with van der Waals surface area (Å²) in [4.78, 5) is 16.8. The summed E-state index contributed by atoms with van der Waals surface area (Å²) in [6.07, 6.45) is 2.00. The van der Waals surface area contributed by atoms with E-state index in [0.717, 1.165) is 36.2 Å². The van der Waals surface area contributed by atoms with Crippen molar-refractivity contribution in [1.29, 1.82) is 0 Å². The molecule has 1 fully saturated rings. The van der Waals surface area contributed by atoms with Gasteiger partial charge in [0.05, 0.1) is 12.2 Å². The molecule has 0 unspecified atom stereocenters. The largest absolute Gasteiger partial charge is 0.478 e. The molecule has 2 atom stereocenters. The number of halogens is 1. The van der Waals surface area contributed by atoms with Crippen molar-refractivity contribution < 1.29 is 13.9 Å². The molecule has 3 aromatic rings. The Bertz CT molecular complexity index is 1000. The molecule has 1 saturated heterocycles. The third-order valence-corrected chi connectivity index (χ3v) is 5.12. The number of ether oxygens (including phenoxy) is 1. The van der Waals surface area contributed by atoms with E-state index in [1.165, 1.54) is 12.1 Å². The van der Waals surface area contributed by atoms with Crippen molar-refractivity contribution in [3.63, 3.8) is 0 Å². The summed E-state index contributed by atoms with van der Waals surface area (Å²) >= 11 is 0. The maximum absolute atomic E-state index is 13.7. The van der Waals surface area contributed by atoms with Gasteiger partial charge in [-0.3, -0.25) is 4.79 Å². The predicted molar refractivity (Wildman–Crippen MR) is 107 cm³/mol. The van der Waals surface area contributed by atoms with Crippen LogP contribution in [0.4, 0.5) is 4.39 Å². The first-order valence-corrected chi connectivity index (χ1v) is 9.84. The first-order chi connectivity index (χ1) is 14.1. The molecular weight excluding hydrogens is 373 g/mol.